The van der Waals surface area contributed by atoms with Crippen LogP contribution in [-0.2, 0) is 26.2 Å². The van der Waals surface area contributed by atoms with Crippen LogP contribution in [0.2, 0.25) is 0 Å². The van der Waals surface area contributed by atoms with Gasteiger partial charge in [0.25, 0.3) is 10.1 Å². The minimum atomic E-state index is -3.92. The molecule has 1 saturated heterocycles. The molecule has 316 valence electrons. The van der Waals surface area contributed by atoms with Crippen LogP contribution in [0.5, 0.6) is 0 Å². The number of aromatic nitrogens is 1. The van der Waals surface area contributed by atoms with E-state index in [1.54, 1.807) is 10.6 Å². The Kier molecular flexibility index (Phi) is 23.4. The number of ether oxygens (including phenoxy) is 1. The van der Waals surface area contributed by atoms with Crippen LogP contribution >= 0.6 is 28.6 Å². The third kappa shape index (κ3) is 16.1. The standard InChI is InChI=1S/C20H25NO2.C17H20FN3O3.C2H6O4S.BrH2N.ClH/c1-3-21(4-2)15-16-23-20(22)19(17-11-7-5-8-12-17)18-13-9-6-10-14-18;1-3-20-10-12(17(23)24)16(22)11-8-13(18)15(9-14(11)20)21-6-4-19(2)5-7-21;3-1-2-7(4,5)6;1-2;/h5-14,19H,3-4,15-16H2,1-2H3;8-10H,3-7H2,1-2H3,(H,23,24);3H,1-2H2,(H,4,5,6);2H2;1H. The number of halogens is 3. The molecule has 0 radical (unpaired) electrons. The lowest BCUT2D eigenvalue weighted by atomic mass is 9.91. The third-order valence-corrected chi connectivity index (χ3v) is 9.66. The van der Waals surface area contributed by atoms with E-state index >= 15 is 0 Å². The quantitative estimate of drug-likeness (QED) is 0.0808. The van der Waals surface area contributed by atoms with Crippen LogP contribution in [0.4, 0.5) is 10.1 Å². The molecule has 5 N–H and O–H groups in total. The maximum absolute atomic E-state index is 14.6. The van der Waals surface area contributed by atoms with Crippen molar-refractivity contribution in [2.24, 2.45) is 4.76 Å². The van der Waals surface area contributed by atoms with Gasteiger partial charge in [0.2, 0.25) is 5.43 Å². The summed E-state index contributed by atoms with van der Waals surface area (Å²) >= 11 is 2.44. The summed E-state index contributed by atoms with van der Waals surface area (Å²) in [6.07, 6.45) is 1.33. The highest BCUT2D eigenvalue weighted by Crippen LogP contribution is 2.27. The van der Waals surface area contributed by atoms with Crippen LogP contribution in [0.3, 0.4) is 0 Å². The molecule has 0 saturated carbocycles. The average Bonchev–Trinajstić information content (AvgIpc) is 3.19. The molecule has 0 unspecified atom stereocenters. The molecule has 14 nitrogen and oxygen atoms in total. The number of nitrogens with zero attached hydrogens (tertiary/aromatic N) is 4. The fraction of sp³-hybridized carbons (Fsp3) is 0.410. The van der Waals surface area contributed by atoms with E-state index in [2.05, 4.69) is 44.6 Å². The van der Waals surface area contributed by atoms with E-state index in [1.165, 1.54) is 12.3 Å². The number of likely N-dealkylation sites (N-methyl/N-ethyl adjacent to an activating group) is 2. The number of aliphatic hydroxyl groups is 1. The number of benzene rings is 3. The molecular weight excluding hydrogens is 849 g/mol. The Morgan fingerprint density at radius 3 is 1.89 bits per heavy atom. The number of hydrogen-bond acceptors (Lipinski definition) is 11. The van der Waals surface area contributed by atoms with Gasteiger partial charge in [-0.25, -0.2) is 9.18 Å². The minimum absolute atomic E-state index is 0. The Hall–Kier alpha value is -3.94. The first-order valence-corrected chi connectivity index (χ1v) is 20.6. The number of pyridine rings is 1. The molecule has 2 heterocycles. The Bertz CT molecular complexity index is 1950. The second-order valence-electron chi connectivity index (χ2n) is 12.5. The molecular formula is C39H54BrClFN5O9S. The molecule has 0 atom stereocenters. The number of piperazine rings is 1. The fourth-order valence-electron chi connectivity index (χ4n) is 5.87. The van der Waals surface area contributed by atoms with Gasteiger partial charge in [0, 0.05) is 67.0 Å². The summed E-state index contributed by atoms with van der Waals surface area (Å²) in [5, 5.41) is 17.1. The lowest BCUT2D eigenvalue weighted by molar-refractivity contribution is -0.144. The van der Waals surface area contributed by atoms with E-state index in [0.29, 0.717) is 37.4 Å². The number of aromatic carboxylic acids is 1. The first-order chi connectivity index (χ1) is 26.7. The first-order valence-electron chi connectivity index (χ1n) is 18.0. The van der Waals surface area contributed by atoms with Crippen molar-refractivity contribution >= 4 is 67.2 Å². The number of nitrogens with two attached hydrogens (primary N) is 1. The Balaban J connectivity index is 0.000000465. The van der Waals surface area contributed by atoms with Crippen LogP contribution in [0.15, 0.2) is 83.8 Å². The molecule has 57 heavy (non-hydrogen) atoms. The topological polar surface area (TPSA) is 196 Å². The maximum Gasteiger partial charge on any atom is 0.341 e. The van der Waals surface area contributed by atoms with Crippen molar-refractivity contribution < 1.29 is 41.9 Å². The van der Waals surface area contributed by atoms with Crippen molar-refractivity contribution in [3.05, 3.63) is 112 Å². The van der Waals surface area contributed by atoms with E-state index in [1.807, 2.05) is 79.5 Å². The van der Waals surface area contributed by atoms with Gasteiger partial charge in [-0.2, -0.15) is 8.42 Å². The van der Waals surface area contributed by atoms with E-state index in [9.17, 15) is 32.3 Å². The molecule has 18 heteroatoms. The second-order valence-corrected chi connectivity index (χ2v) is 14.1. The second kappa shape index (κ2) is 26.1. The molecule has 1 aliphatic rings. The number of esters is 1. The zero-order valence-electron chi connectivity index (χ0n) is 32.6. The molecule has 1 aliphatic heterocycles. The lowest BCUT2D eigenvalue weighted by Gasteiger charge is -2.34. The summed E-state index contributed by atoms with van der Waals surface area (Å²) < 4.78 is 53.2. The van der Waals surface area contributed by atoms with Crippen LogP contribution in [-0.4, -0.2) is 121 Å². The van der Waals surface area contributed by atoms with Crippen LogP contribution < -0.4 is 15.1 Å². The van der Waals surface area contributed by atoms with Gasteiger partial charge in [-0.1, -0.05) is 74.5 Å². The molecule has 0 bridgehead atoms. The molecule has 5 rings (SSSR count). The molecule has 4 aromatic rings. The van der Waals surface area contributed by atoms with Crippen LogP contribution in [0.1, 0.15) is 48.2 Å². The summed E-state index contributed by atoms with van der Waals surface area (Å²) in [7, 11) is -1.90. The van der Waals surface area contributed by atoms with Gasteiger partial charge in [0.15, 0.2) is 0 Å². The summed E-state index contributed by atoms with van der Waals surface area (Å²) in [6, 6.07) is 22.5. The zero-order valence-corrected chi connectivity index (χ0v) is 35.8. The molecule has 3 aromatic carbocycles. The van der Waals surface area contributed by atoms with Crippen molar-refractivity contribution in [2.45, 2.75) is 33.2 Å². The minimum Gasteiger partial charge on any atom is -0.477 e. The average molecular weight is 903 g/mol. The highest BCUT2D eigenvalue weighted by molar-refractivity contribution is 9.07. The predicted octanol–water partition coefficient (Wildman–Crippen LogP) is 4.86. The summed E-state index contributed by atoms with van der Waals surface area (Å²) in [5.41, 5.74) is 1.96. The first kappa shape index (κ1) is 51.1. The third-order valence-electron chi connectivity index (χ3n) is 8.96. The molecule has 0 amide bonds. The largest absolute Gasteiger partial charge is 0.477 e. The molecule has 0 spiro atoms. The number of carboxylic acids is 1. The Labute approximate surface area is 348 Å². The lowest BCUT2D eigenvalue weighted by Crippen LogP contribution is -2.44. The van der Waals surface area contributed by atoms with Crippen LogP contribution in [0.25, 0.3) is 10.9 Å². The van der Waals surface area contributed by atoms with Crippen molar-refractivity contribution in [2.75, 3.05) is 76.7 Å². The number of anilines is 1. The van der Waals surface area contributed by atoms with Gasteiger partial charge in [-0.05, 0) is 50.3 Å². The summed E-state index contributed by atoms with van der Waals surface area (Å²) in [5.74, 6) is -2.92. The van der Waals surface area contributed by atoms with E-state index < -0.39 is 39.7 Å². The van der Waals surface area contributed by atoms with Crippen molar-refractivity contribution in [3.8, 4) is 0 Å². The fourth-order valence-corrected chi connectivity index (χ4v) is 6.10. The molecule has 1 aromatic heterocycles. The number of hydrogen-bond donors (Lipinski definition) is 4. The summed E-state index contributed by atoms with van der Waals surface area (Å²) in [6.45, 7) is 12.3. The highest BCUT2D eigenvalue weighted by atomic mass is 79.9. The number of fused-ring (bicyclic) bond motifs is 1. The highest BCUT2D eigenvalue weighted by Gasteiger charge is 2.24. The molecule has 0 aliphatic carbocycles. The number of rotatable bonds is 13. The number of aryl methyl sites for hydroxylation is 1. The zero-order chi connectivity index (χ0) is 41.8. The van der Waals surface area contributed by atoms with E-state index in [0.717, 1.165) is 43.9 Å². The SMILES string of the molecule is CCN(CC)CCOC(=O)C(c1ccccc1)c1ccccc1.CCn1cc(C(=O)O)c(=O)c2cc(F)c(N3CCN(C)CC3)cc21.Cl.NBr.O=S(=O)(O)CCO. The smallest absolute Gasteiger partial charge is 0.341 e. The van der Waals surface area contributed by atoms with Crippen LogP contribution in [0, 0.1) is 5.82 Å². The van der Waals surface area contributed by atoms with Crippen molar-refractivity contribution in [3.63, 3.8) is 0 Å². The Morgan fingerprint density at radius 1 is 0.947 bits per heavy atom. The molecule has 1 fully saturated rings. The van der Waals surface area contributed by atoms with Crippen molar-refractivity contribution in [1.82, 2.24) is 14.4 Å². The summed E-state index contributed by atoms with van der Waals surface area (Å²) in [4.78, 5) is 42.6. The van der Waals surface area contributed by atoms with Gasteiger partial charge in [-0.3, -0.25) is 18.9 Å². The van der Waals surface area contributed by atoms with Gasteiger partial charge >= 0.3 is 11.9 Å². The van der Waals surface area contributed by atoms with Crippen molar-refractivity contribution in [1.29, 1.82) is 0 Å². The Morgan fingerprint density at radius 2 is 1.47 bits per heavy atom. The van der Waals surface area contributed by atoms with Gasteiger partial charge in [0.1, 0.15) is 23.9 Å². The number of aliphatic hydroxyl groups excluding tert-OH is 1. The number of carbonyl (C=O) groups excluding carboxylic acids is 1. The number of carbonyl (C=O) groups is 2. The monoisotopic (exact) mass is 901 g/mol. The van der Waals surface area contributed by atoms with Gasteiger partial charge < -0.3 is 34.2 Å². The van der Waals surface area contributed by atoms with E-state index in [-0.39, 0.29) is 35.2 Å². The normalized spacial score (nSPS) is 12.6. The van der Waals surface area contributed by atoms with Gasteiger partial charge in [0.05, 0.1) is 23.6 Å². The van der Waals surface area contributed by atoms with E-state index in [4.69, 9.17) is 14.4 Å². The van der Waals surface area contributed by atoms with Gasteiger partial charge in [-0.15, -0.1) is 12.4 Å². The maximum atomic E-state index is 14.6. The number of carboxylic acid groups (broad SMARTS) is 1. The predicted molar refractivity (Wildman–Crippen MR) is 228 cm³/mol.